The highest BCUT2D eigenvalue weighted by molar-refractivity contribution is 7.11. The Morgan fingerprint density at radius 3 is 2.56 bits per heavy atom. The highest BCUT2D eigenvalue weighted by atomic mass is 32.1. The first-order valence-corrected chi connectivity index (χ1v) is 5.87. The second-order valence-electron chi connectivity index (χ2n) is 3.53. The van der Waals surface area contributed by atoms with Crippen LogP contribution in [0.15, 0.2) is 41.8 Å². The average molecular weight is 225 g/mol. The van der Waals surface area contributed by atoms with Gasteiger partial charge in [-0.1, -0.05) is 42.0 Å². The zero-order valence-electron chi connectivity index (χ0n) is 8.97. The lowest BCUT2D eigenvalue weighted by molar-refractivity contribution is 1.46. The van der Waals surface area contributed by atoms with Crippen LogP contribution < -0.4 is 0 Å². The van der Waals surface area contributed by atoms with E-state index in [-0.39, 0.29) is 0 Å². The Morgan fingerprint density at radius 2 is 2.00 bits per heavy atom. The summed E-state index contributed by atoms with van der Waals surface area (Å²) in [5.41, 5.74) is 3.02. The molecule has 0 aliphatic heterocycles. The van der Waals surface area contributed by atoms with Crippen molar-refractivity contribution in [3.8, 4) is 0 Å². The van der Waals surface area contributed by atoms with Crippen molar-refractivity contribution >= 4 is 23.1 Å². The van der Waals surface area contributed by atoms with Crippen molar-refractivity contribution in [3.63, 3.8) is 0 Å². The molecule has 0 saturated heterocycles. The zero-order chi connectivity index (χ0) is 11.4. The van der Waals surface area contributed by atoms with Crippen LogP contribution in [-0.4, -0.2) is 0 Å². The van der Waals surface area contributed by atoms with Crippen LogP contribution in [-0.2, 0) is 0 Å². The van der Waals surface area contributed by atoms with Crippen LogP contribution in [0.1, 0.15) is 16.0 Å². The Morgan fingerprint density at radius 1 is 1.25 bits per heavy atom. The van der Waals surface area contributed by atoms with Crippen LogP contribution in [0.4, 0.5) is 0 Å². The fraction of sp³-hybridized carbons (Fsp3) is 0.0714. The summed E-state index contributed by atoms with van der Waals surface area (Å²) in [7, 11) is 0. The molecule has 78 valence electrons. The van der Waals surface area contributed by atoms with Gasteiger partial charge in [-0.2, -0.15) is 11.3 Å². The topological polar surface area (TPSA) is 4.36 Å². The molecule has 0 aliphatic rings. The minimum atomic E-state index is 0.707. The molecule has 1 nitrogen and oxygen atoms in total. The van der Waals surface area contributed by atoms with Gasteiger partial charge in [0.05, 0.1) is 6.57 Å². The number of hydrogen-bond acceptors (Lipinski definition) is 1. The van der Waals surface area contributed by atoms with Gasteiger partial charge in [0, 0.05) is 4.88 Å². The summed E-state index contributed by atoms with van der Waals surface area (Å²) >= 11 is 1.60. The summed E-state index contributed by atoms with van der Waals surface area (Å²) in [6.07, 6.45) is 1.93. The molecule has 0 radical (unpaired) electrons. The van der Waals surface area contributed by atoms with Crippen LogP contribution >= 0.6 is 11.3 Å². The van der Waals surface area contributed by atoms with Crippen LogP contribution in [0, 0.1) is 13.5 Å². The van der Waals surface area contributed by atoms with Crippen LogP contribution in [0.2, 0.25) is 0 Å². The fourth-order valence-corrected chi connectivity index (χ4v) is 2.09. The molecule has 0 aliphatic carbocycles. The van der Waals surface area contributed by atoms with Crippen molar-refractivity contribution in [1.82, 2.24) is 0 Å². The van der Waals surface area contributed by atoms with Crippen molar-refractivity contribution in [2.24, 2.45) is 0 Å². The molecule has 2 heteroatoms. The summed E-state index contributed by atoms with van der Waals surface area (Å²) in [4.78, 5) is 4.59. The highest BCUT2D eigenvalue weighted by Crippen LogP contribution is 2.23. The van der Waals surface area contributed by atoms with Crippen LogP contribution in [0.5, 0.6) is 0 Å². The van der Waals surface area contributed by atoms with Gasteiger partial charge in [0.15, 0.2) is 0 Å². The van der Waals surface area contributed by atoms with Gasteiger partial charge in [-0.15, -0.1) is 0 Å². The van der Waals surface area contributed by atoms with E-state index in [2.05, 4.69) is 23.9 Å². The summed E-state index contributed by atoms with van der Waals surface area (Å²) in [5, 5.41) is 1.99. The molecule has 2 aromatic rings. The maximum atomic E-state index is 7.19. The molecule has 0 amide bonds. The minimum Gasteiger partial charge on any atom is -0.237 e. The maximum absolute atomic E-state index is 7.19. The second-order valence-corrected chi connectivity index (χ2v) is 4.48. The minimum absolute atomic E-state index is 0.707. The lowest BCUT2D eigenvalue weighted by Crippen LogP contribution is -1.76. The predicted octanol–water partition coefficient (Wildman–Crippen LogP) is 4.47. The SMILES string of the molecule is [C-]#[N+]/C(=C\c1ccc(C)cc1)c1cccs1. The van der Waals surface area contributed by atoms with Crippen LogP contribution in [0.3, 0.4) is 0 Å². The van der Waals surface area contributed by atoms with Gasteiger partial charge in [0.2, 0.25) is 5.70 Å². The number of aryl methyl sites for hydroxylation is 1. The van der Waals surface area contributed by atoms with Crippen molar-refractivity contribution in [2.75, 3.05) is 0 Å². The lowest BCUT2D eigenvalue weighted by Gasteiger charge is -1.97. The average Bonchev–Trinajstić information content (AvgIpc) is 2.82. The number of nitrogens with zero attached hydrogens (tertiary/aromatic N) is 1. The molecule has 0 N–H and O–H groups in total. The fourth-order valence-electron chi connectivity index (χ4n) is 1.40. The number of hydrogen-bond donors (Lipinski definition) is 0. The molecule has 1 aromatic heterocycles. The molecular weight excluding hydrogens is 214 g/mol. The van der Waals surface area contributed by atoms with Crippen molar-refractivity contribution in [1.29, 1.82) is 0 Å². The predicted molar refractivity (Wildman–Crippen MR) is 70.0 cm³/mol. The highest BCUT2D eigenvalue weighted by Gasteiger charge is 2.01. The first-order valence-electron chi connectivity index (χ1n) is 4.99. The third-order valence-electron chi connectivity index (χ3n) is 2.27. The van der Waals surface area contributed by atoms with E-state index in [9.17, 15) is 0 Å². The molecule has 2 rings (SSSR count). The zero-order valence-corrected chi connectivity index (χ0v) is 9.79. The van der Waals surface area contributed by atoms with Gasteiger partial charge in [-0.3, -0.25) is 0 Å². The third kappa shape index (κ3) is 2.39. The number of benzene rings is 1. The van der Waals surface area contributed by atoms with Gasteiger partial charge in [-0.25, -0.2) is 4.85 Å². The number of thiophene rings is 1. The second kappa shape index (κ2) is 4.78. The summed E-state index contributed by atoms with van der Waals surface area (Å²) in [5.74, 6) is 0. The normalized spacial score (nSPS) is 11.1. The van der Waals surface area contributed by atoms with E-state index in [0.29, 0.717) is 5.70 Å². The Kier molecular flexibility index (Phi) is 3.19. The van der Waals surface area contributed by atoms with E-state index in [0.717, 1.165) is 10.4 Å². The van der Waals surface area contributed by atoms with E-state index < -0.39 is 0 Å². The Bertz CT molecular complexity index is 527. The molecule has 16 heavy (non-hydrogen) atoms. The Labute approximate surface area is 99.5 Å². The molecule has 0 spiro atoms. The molecule has 0 bridgehead atoms. The number of rotatable bonds is 2. The first-order chi connectivity index (χ1) is 7.79. The molecule has 0 saturated carbocycles. The van der Waals surface area contributed by atoms with Gasteiger partial charge in [0.25, 0.3) is 0 Å². The van der Waals surface area contributed by atoms with E-state index >= 15 is 0 Å². The summed E-state index contributed by atoms with van der Waals surface area (Å²) in [6.45, 7) is 9.25. The van der Waals surface area contributed by atoms with Gasteiger partial charge >= 0.3 is 0 Å². The lowest BCUT2D eigenvalue weighted by atomic mass is 10.1. The van der Waals surface area contributed by atoms with E-state index in [4.69, 9.17) is 6.57 Å². The van der Waals surface area contributed by atoms with E-state index in [1.54, 1.807) is 11.3 Å². The Balaban J connectivity index is 2.36. The molecule has 1 heterocycles. The third-order valence-corrected chi connectivity index (χ3v) is 3.17. The first kappa shape index (κ1) is 10.7. The molecule has 0 atom stereocenters. The van der Waals surface area contributed by atoms with Crippen LogP contribution in [0.25, 0.3) is 16.6 Å². The molecule has 0 unspecified atom stereocenters. The quantitative estimate of drug-likeness (QED) is 0.664. The smallest absolute Gasteiger partial charge is 0.204 e. The van der Waals surface area contributed by atoms with E-state index in [1.807, 2.05) is 35.7 Å². The van der Waals surface area contributed by atoms with Crippen molar-refractivity contribution in [3.05, 3.63) is 69.2 Å². The molecular formula is C14H11NS. The largest absolute Gasteiger partial charge is 0.237 e. The molecule has 1 aromatic carbocycles. The van der Waals surface area contributed by atoms with Gasteiger partial charge in [-0.05, 0) is 23.9 Å². The van der Waals surface area contributed by atoms with E-state index in [1.165, 1.54) is 5.56 Å². The molecule has 0 fully saturated rings. The van der Waals surface area contributed by atoms with Gasteiger partial charge < -0.3 is 0 Å². The Hall–Kier alpha value is -1.85. The monoisotopic (exact) mass is 225 g/mol. The maximum Gasteiger partial charge on any atom is 0.204 e. The van der Waals surface area contributed by atoms with Crippen molar-refractivity contribution < 1.29 is 0 Å². The van der Waals surface area contributed by atoms with Crippen molar-refractivity contribution in [2.45, 2.75) is 6.92 Å². The standard InChI is InChI=1S/C14H11NS/c1-11-5-7-12(8-6-11)10-13(15-2)14-4-3-9-16-14/h3-10H,1H3/b13-10-. The summed E-state index contributed by atoms with van der Waals surface area (Å²) < 4.78 is 0. The summed E-state index contributed by atoms with van der Waals surface area (Å²) in [6, 6.07) is 12.1. The van der Waals surface area contributed by atoms with Gasteiger partial charge in [0.1, 0.15) is 0 Å².